The summed E-state index contributed by atoms with van der Waals surface area (Å²) in [6.07, 6.45) is -6.68. The van der Waals surface area contributed by atoms with Crippen LogP contribution in [0.15, 0.2) is 84.3 Å². The van der Waals surface area contributed by atoms with E-state index in [1.54, 1.807) is 6.07 Å². The third-order valence-corrected chi connectivity index (χ3v) is 6.65. The number of benzene rings is 3. The highest BCUT2D eigenvalue weighted by atomic mass is 35.5. The van der Waals surface area contributed by atoms with Crippen molar-refractivity contribution in [2.75, 3.05) is 0 Å². The molecule has 212 valence electrons. The van der Waals surface area contributed by atoms with Gasteiger partial charge >= 0.3 is 12.5 Å². The summed E-state index contributed by atoms with van der Waals surface area (Å²) in [4.78, 5) is 3.52. The van der Waals surface area contributed by atoms with Crippen molar-refractivity contribution in [2.45, 2.75) is 17.4 Å². The molecular weight excluding hydrogens is 600 g/mol. The lowest BCUT2D eigenvalue weighted by Crippen LogP contribution is -2.16. The lowest BCUT2D eigenvalue weighted by Gasteiger charge is -2.17. The molecule has 1 unspecified atom stereocenters. The van der Waals surface area contributed by atoms with E-state index in [2.05, 4.69) is 20.0 Å². The number of imidazole rings is 1. The van der Waals surface area contributed by atoms with Gasteiger partial charge in [-0.2, -0.15) is 13.2 Å². The van der Waals surface area contributed by atoms with Gasteiger partial charge < -0.3 is 13.9 Å². The van der Waals surface area contributed by atoms with Gasteiger partial charge in [-0.15, -0.1) is 18.3 Å². The summed E-state index contributed by atoms with van der Waals surface area (Å²) in [5.74, 6) is -0.467. The SMILES string of the molecule is O=S(O)c1cccc(-c2cc(Cl)c(-n3cnc(C(F)(F)F)c3)c(-n3nncc3-c3ccc(OC(F)(F)F)cc3)c2)c1. The Hall–Kier alpha value is -4.21. The normalized spacial score (nSPS) is 12.9. The Morgan fingerprint density at radius 2 is 1.66 bits per heavy atom. The second-order valence-electron chi connectivity index (χ2n) is 8.37. The largest absolute Gasteiger partial charge is 0.573 e. The molecule has 0 bridgehead atoms. The molecular formula is C25H14ClF6N5O3S. The highest BCUT2D eigenvalue weighted by Crippen LogP contribution is 2.37. The van der Waals surface area contributed by atoms with Gasteiger partial charge in [-0.3, -0.25) is 0 Å². The smallest absolute Gasteiger partial charge is 0.406 e. The van der Waals surface area contributed by atoms with E-state index < -0.39 is 35.1 Å². The van der Waals surface area contributed by atoms with Gasteiger partial charge in [0.25, 0.3) is 0 Å². The summed E-state index contributed by atoms with van der Waals surface area (Å²) in [6, 6.07) is 13.8. The van der Waals surface area contributed by atoms with Crippen LogP contribution in [0.1, 0.15) is 5.69 Å². The number of nitrogens with zero attached hydrogens (tertiary/aromatic N) is 5. The first kappa shape index (κ1) is 28.3. The first-order valence-electron chi connectivity index (χ1n) is 11.2. The van der Waals surface area contributed by atoms with Crippen molar-refractivity contribution >= 4 is 22.7 Å². The molecule has 0 radical (unpaired) electrons. The van der Waals surface area contributed by atoms with Crippen LogP contribution in [0, 0.1) is 0 Å². The number of alkyl halides is 6. The Labute approximate surface area is 234 Å². The Morgan fingerprint density at radius 3 is 2.29 bits per heavy atom. The van der Waals surface area contributed by atoms with E-state index in [1.807, 2.05) is 0 Å². The first-order chi connectivity index (χ1) is 19.3. The highest BCUT2D eigenvalue weighted by Gasteiger charge is 2.34. The number of ether oxygens (including phenoxy) is 1. The Bertz CT molecular complexity index is 1750. The van der Waals surface area contributed by atoms with Crippen molar-refractivity contribution in [1.82, 2.24) is 24.5 Å². The van der Waals surface area contributed by atoms with Crippen molar-refractivity contribution in [1.29, 1.82) is 0 Å². The number of hydrogen-bond acceptors (Lipinski definition) is 5. The molecule has 0 aliphatic heterocycles. The van der Waals surface area contributed by atoms with Crippen molar-refractivity contribution in [3.8, 4) is 39.5 Å². The van der Waals surface area contributed by atoms with E-state index in [9.17, 15) is 35.1 Å². The van der Waals surface area contributed by atoms with Gasteiger partial charge in [-0.25, -0.2) is 13.9 Å². The van der Waals surface area contributed by atoms with E-state index >= 15 is 0 Å². The summed E-state index contributed by atoms with van der Waals surface area (Å²) >= 11 is 4.33. The second-order valence-corrected chi connectivity index (χ2v) is 9.75. The van der Waals surface area contributed by atoms with Gasteiger partial charge in [0.1, 0.15) is 5.75 Å². The fraction of sp³-hybridized carbons (Fsp3) is 0.0800. The van der Waals surface area contributed by atoms with Crippen LogP contribution in [0.5, 0.6) is 5.75 Å². The summed E-state index contributed by atoms with van der Waals surface area (Å²) < 4.78 is 105. The standard InChI is InChI=1S/C25H14ClF6N5O3S/c26-19-9-16(15-2-1-3-18(8-15)41(38)39)10-20(23(19)36-12-22(33-13-36)24(27,28)29)37-21(11-34-35-37)14-4-6-17(7-5-14)40-25(30,31)32/h1-13H,(H,38,39). The summed E-state index contributed by atoms with van der Waals surface area (Å²) in [6.45, 7) is 0. The molecule has 1 N–H and O–H groups in total. The van der Waals surface area contributed by atoms with E-state index in [1.165, 1.54) is 53.3 Å². The fourth-order valence-electron chi connectivity index (χ4n) is 3.98. The van der Waals surface area contributed by atoms with E-state index in [0.29, 0.717) is 16.7 Å². The molecule has 41 heavy (non-hydrogen) atoms. The molecule has 8 nitrogen and oxygen atoms in total. The van der Waals surface area contributed by atoms with Crippen LogP contribution in [0.2, 0.25) is 5.02 Å². The number of aromatic nitrogens is 5. The van der Waals surface area contributed by atoms with E-state index in [-0.39, 0.29) is 27.0 Å². The molecule has 5 aromatic rings. The molecule has 0 spiro atoms. The lowest BCUT2D eigenvalue weighted by atomic mass is 10.0. The predicted molar refractivity (Wildman–Crippen MR) is 135 cm³/mol. The average molecular weight is 614 g/mol. The topological polar surface area (TPSA) is 95.1 Å². The third kappa shape index (κ3) is 6.11. The zero-order chi connectivity index (χ0) is 29.5. The van der Waals surface area contributed by atoms with Crippen LogP contribution >= 0.6 is 11.6 Å². The van der Waals surface area contributed by atoms with Gasteiger partial charge in [-0.1, -0.05) is 28.9 Å². The minimum absolute atomic E-state index is 0.0316. The highest BCUT2D eigenvalue weighted by molar-refractivity contribution is 7.79. The number of hydrogen-bond donors (Lipinski definition) is 1. The zero-order valence-electron chi connectivity index (χ0n) is 20.1. The minimum atomic E-state index is -4.89. The monoisotopic (exact) mass is 613 g/mol. The number of halogens is 7. The Balaban J connectivity index is 1.69. The molecule has 0 amide bonds. The fourth-order valence-corrected chi connectivity index (χ4v) is 4.72. The van der Waals surface area contributed by atoms with Gasteiger partial charge in [0.15, 0.2) is 16.8 Å². The van der Waals surface area contributed by atoms with Crippen LogP contribution in [-0.4, -0.2) is 39.7 Å². The molecule has 0 aliphatic rings. The first-order valence-corrected chi connectivity index (χ1v) is 12.7. The average Bonchev–Trinajstić information content (AvgIpc) is 3.58. The molecule has 16 heteroatoms. The van der Waals surface area contributed by atoms with Crippen molar-refractivity contribution in [2.24, 2.45) is 0 Å². The van der Waals surface area contributed by atoms with Crippen LogP contribution in [0.25, 0.3) is 33.8 Å². The van der Waals surface area contributed by atoms with E-state index in [0.717, 1.165) is 29.2 Å². The predicted octanol–water partition coefficient (Wildman–Crippen LogP) is 6.94. The quantitative estimate of drug-likeness (QED) is 0.165. The third-order valence-electron chi connectivity index (χ3n) is 5.70. The van der Waals surface area contributed by atoms with Crippen LogP contribution in [0.3, 0.4) is 0 Å². The molecule has 0 saturated carbocycles. The molecule has 1 atom stereocenters. The van der Waals surface area contributed by atoms with Gasteiger partial charge in [0.05, 0.1) is 39.5 Å². The maximum Gasteiger partial charge on any atom is 0.573 e. The zero-order valence-corrected chi connectivity index (χ0v) is 21.6. The molecule has 5 rings (SSSR count). The van der Waals surface area contributed by atoms with Gasteiger partial charge in [0.2, 0.25) is 0 Å². The van der Waals surface area contributed by atoms with Crippen molar-refractivity contribution in [3.05, 3.63) is 90.1 Å². The summed E-state index contributed by atoms with van der Waals surface area (Å²) in [5, 5.41) is 7.91. The van der Waals surface area contributed by atoms with Gasteiger partial charge in [-0.05, 0) is 59.7 Å². The molecule has 0 aliphatic carbocycles. The molecule has 0 fully saturated rings. The van der Waals surface area contributed by atoms with Crippen LogP contribution < -0.4 is 4.74 Å². The molecule has 2 heterocycles. The summed E-state index contributed by atoms with van der Waals surface area (Å²) in [7, 11) is 0. The number of rotatable bonds is 6. The van der Waals surface area contributed by atoms with Crippen LogP contribution in [-0.2, 0) is 17.3 Å². The summed E-state index contributed by atoms with van der Waals surface area (Å²) in [5.41, 5.74) is 0.432. The maximum absolute atomic E-state index is 13.3. The van der Waals surface area contributed by atoms with Gasteiger partial charge in [0, 0.05) is 11.8 Å². The minimum Gasteiger partial charge on any atom is -0.406 e. The molecule has 2 aromatic heterocycles. The van der Waals surface area contributed by atoms with Crippen LogP contribution in [0.4, 0.5) is 26.3 Å². The van der Waals surface area contributed by atoms with E-state index in [4.69, 9.17) is 11.6 Å². The van der Waals surface area contributed by atoms with Crippen molar-refractivity contribution in [3.63, 3.8) is 0 Å². The molecule has 0 saturated heterocycles. The molecule has 3 aromatic carbocycles. The maximum atomic E-state index is 13.3. The second kappa shape index (κ2) is 10.6. The van der Waals surface area contributed by atoms with Crippen molar-refractivity contribution < 1.29 is 39.8 Å². The Morgan fingerprint density at radius 1 is 0.927 bits per heavy atom. The lowest BCUT2D eigenvalue weighted by molar-refractivity contribution is -0.274. The Kier molecular flexibility index (Phi) is 7.35.